The Hall–Kier alpha value is -2.88. The molecular weight excluding hydrogens is 300 g/mol. The zero-order chi connectivity index (χ0) is 16.8. The molecule has 0 radical (unpaired) electrons. The molecule has 3 rings (SSSR count). The van der Waals surface area contributed by atoms with E-state index in [1.54, 1.807) is 0 Å². The lowest BCUT2D eigenvalue weighted by molar-refractivity contribution is -0.115. The first-order valence-electron chi connectivity index (χ1n) is 8.11. The minimum Gasteiger partial charge on any atom is -0.475 e. The molecule has 0 unspecified atom stereocenters. The highest BCUT2D eigenvalue weighted by atomic mass is 16.5. The maximum absolute atomic E-state index is 11.8. The third kappa shape index (κ3) is 3.71. The Balaban J connectivity index is 2.00. The van der Waals surface area contributed by atoms with Gasteiger partial charge < -0.3 is 10.1 Å². The quantitative estimate of drug-likeness (QED) is 0.847. The summed E-state index contributed by atoms with van der Waals surface area (Å²) < 4.78 is 5.65. The number of benzene rings is 2. The Morgan fingerprint density at radius 3 is 2.71 bits per heavy atom. The van der Waals surface area contributed by atoms with Crippen molar-refractivity contribution in [2.45, 2.75) is 13.3 Å². The number of carbonyl (C=O) groups excluding carboxylic acids is 1. The highest BCUT2D eigenvalue weighted by Gasteiger charge is 2.18. The van der Waals surface area contributed by atoms with Gasteiger partial charge in [-0.25, -0.2) is 4.99 Å². The first-order valence-corrected chi connectivity index (χ1v) is 8.11. The number of aliphatic imine (C=N–C) groups is 1. The predicted molar refractivity (Wildman–Crippen MR) is 98.1 cm³/mol. The molecule has 0 bridgehead atoms. The Bertz CT molecular complexity index is 779. The van der Waals surface area contributed by atoms with E-state index in [1.807, 2.05) is 67.6 Å². The average Bonchev–Trinajstić information content (AvgIpc) is 3.15. The summed E-state index contributed by atoms with van der Waals surface area (Å²) >= 11 is 0. The number of anilines is 1. The molecule has 0 atom stereocenters. The van der Waals surface area contributed by atoms with E-state index in [4.69, 9.17) is 4.74 Å². The molecular formula is C20H20N2O2. The number of amides is 1. The highest BCUT2D eigenvalue weighted by Crippen LogP contribution is 2.25. The largest absolute Gasteiger partial charge is 0.475 e. The number of nitrogens with zero attached hydrogens (tertiary/aromatic N) is 1. The van der Waals surface area contributed by atoms with E-state index in [1.165, 1.54) is 0 Å². The molecule has 1 N–H and O–H groups in total. The molecule has 1 amide bonds. The van der Waals surface area contributed by atoms with Gasteiger partial charge in [-0.3, -0.25) is 4.79 Å². The smallest absolute Gasteiger partial charge is 0.224 e. The summed E-state index contributed by atoms with van der Waals surface area (Å²) in [6.07, 6.45) is 4.49. The second-order valence-corrected chi connectivity index (χ2v) is 5.45. The van der Waals surface area contributed by atoms with Gasteiger partial charge >= 0.3 is 0 Å². The van der Waals surface area contributed by atoms with Crippen LogP contribution in [-0.4, -0.2) is 25.0 Å². The van der Waals surface area contributed by atoms with Gasteiger partial charge in [-0.05, 0) is 17.2 Å². The van der Waals surface area contributed by atoms with E-state index in [-0.39, 0.29) is 5.91 Å². The molecule has 2 aromatic rings. The normalized spacial score (nSPS) is 13.6. The van der Waals surface area contributed by atoms with Crippen molar-refractivity contribution in [3.63, 3.8) is 0 Å². The van der Waals surface area contributed by atoms with Crippen molar-refractivity contribution < 1.29 is 9.53 Å². The minimum atomic E-state index is -0.0287. The van der Waals surface area contributed by atoms with Crippen LogP contribution in [0.15, 0.2) is 53.5 Å². The SMILES string of the molecule is CCC(=O)Nc1cccc(C=Cc2ccccc2)c1C1=NCCO1. The zero-order valence-electron chi connectivity index (χ0n) is 13.7. The summed E-state index contributed by atoms with van der Waals surface area (Å²) in [4.78, 5) is 16.3. The number of ether oxygens (including phenoxy) is 1. The molecule has 0 aliphatic carbocycles. The molecule has 4 nitrogen and oxygen atoms in total. The van der Waals surface area contributed by atoms with Crippen LogP contribution in [0.25, 0.3) is 12.2 Å². The molecule has 24 heavy (non-hydrogen) atoms. The highest BCUT2D eigenvalue weighted by molar-refractivity contribution is 6.07. The zero-order valence-corrected chi connectivity index (χ0v) is 13.7. The summed E-state index contributed by atoms with van der Waals surface area (Å²) in [7, 11) is 0. The molecule has 0 spiro atoms. The van der Waals surface area contributed by atoms with Crippen molar-refractivity contribution in [2.75, 3.05) is 18.5 Å². The Kier molecular flexibility index (Phi) is 5.06. The Labute approximate surface area is 141 Å². The number of hydrogen-bond donors (Lipinski definition) is 1. The third-order valence-electron chi connectivity index (χ3n) is 3.75. The molecule has 1 aliphatic rings. The van der Waals surface area contributed by atoms with E-state index in [9.17, 15) is 4.79 Å². The first kappa shape index (κ1) is 16.0. The summed E-state index contributed by atoms with van der Waals surface area (Å²) in [5.74, 6) is 0.564. The summed E-state index contributed by atoms with van der Waals surface area (Å²) in [5.41, 5.74) is 3.65. The van der Waals surface area contributed by atoms with Crippen LogP contribution in [0.4, 0.5) is 5.69 Å². The minimum absolute atomic E-state index is 0.0287. The summed E-state index contributed by atoms with van der Waals surface area (Å²) in [5, 5.41) is 2.94. The summed E-state index contributed by atoms with van der Waals surface area (Å²) in [6, 6.07) is 15.9. The lowest BCUT2D eigenvalue weighted by Crippen LogP contribution is -2.15. The molecule has 4 heteroatoms. The van der Waals surface area contributed by atoms with Crippen molar-refractivity contribution in [2.24, 2.45) is 4.99 Å². The van der Waals surface area contributed by atoms with Gasteiger partial charge in [0.2, 0.25) is 11.8 Å². The molecule has 0 aromatic heterocycles. The van der Waals surface area contributed by atoms with E-state index in [2.05, 4.69) is 10.3 Å². The van der Waals surface area contributed by atoms with Gasteiger partial charge in [0.25, 0.3) is 0 Å². The van der Waals surface area contributed by atoms with Gasteiger partial charge in [-0.15, -0.1) is 0 Å². The average molecular weight is 320 g/mol. The van der Waals surface area contributed by atoms with Crippen molar-refractivity contribution in [3.8, 4) is 0 Å². The fraction of sp³-hybridized carbons (Fsp3) is 0.200. The lowest BCUT2D eigenvalue weighted by atomic mass is 10.0. The monoisotopic (exact) mass is 320 g/mol. The van der Waals surface area contributed by atoms with Gasteiger partial charge in [-0.1, -0.05) is 61.5 Å². The van der Waals surface area contributed by atoms with Crippen LogP contribution < -0.4 is 5.32 Å². The topological polar surface area (TPSA) is 50.7 Å². The van der Waals surface area contributed by atoms with Gasteiger partial charge in [0.05, 0.1) is 17.8 Å². The number of rotatable bonds is 5. The second kappa shape index (κ2) is 7.59. The van der Waals surface area contributed by atoms with E-state index >= 15 is 0 Å². The van der Waals surface area contributed by atoms with Gasteiger partial charge in [0.1, 0.15) is 6.61 Å². The lowest BCUT2D eigenvalue weighted by Gasteiger charge is -2.13. The third-order valence-corrected chi connectivity index (χ3v) is 3.75. The van der Waals surface area contributed by atoms with Gasteiger partial charge in [0.15, 0.2) is 0 Å². The molecule has 0 fully saturated rings. The van der Waals surface area contributed by atoms with E-state index in [0.29, 0.717) is 25.5 Å². The van der Waals surface area contributed by atoms with Crippen LogP contribution in [-0.2, 0) is 9.53 Å². The van der Waals surface area contributed by atoms with E-state index < -0.39 is 0 Å². The fourth-order valence-corrected chi connectivity index (χ4v) is 2.53. The van der Waals surface area contributed by atoms with Crippen molar-refractivity contribution in [3.05, 3.63) is 65.2 Å². The molecule has 0 saturated heterocycles. The molecule has 0 saturated carbocycles. The molecule has 1 aliphatic heterocycles. The van der Waals surface area contributed by atoms with Gasteiger partial charge in [0, 0.05) is 6.42 Å². The Morgan fingerprint density at radius 2 is 2.00 bits per heavy atom. The molecule has 2 aromatic carbocycles. The van der Waals surface area contributed by atoms with Gasteiger partial charge in [-0.2, -0.15) is 0 Å². The second-order valence-electron chi connectivity index (χ2n) is 5.45. The Morgan fingerprint density at radius 1 is 1.17 bits per heavy atom. The van der Waals surface area contributed by atoms with Crippen LogP contribution in [0.3, 0.4) is 0 Å². The van der Waals surface area contributed by atoms with E-state index in [0.717, 1.165) is 22.4 Å². The number of nitrogens with one attached hydrogen (secondary N) is 1. The van der Waals surface area contributed by atoms with Crippen molar-refractivity contribution in [1.82, 2.24) is 0 Å². The molecule has 1 heterocycles. The number of hydrogen-bond acceptors (Lipinski definition) is 3. The fourth-order valence-electron chi connectivity index (χ4n) is 2.53. The maximum atomic E-state index is 11.8. The van der Waals surface area contributed by atoms with Crippen molar-refractivity contribution >= 4 is 29.6 Å². The van der Waals surface area contributed by atoms with Crippen LogP contribution in [0.2, 0.25) is 0 Å². The standard InChI is InChI=1S/C20H20N2O2/c1-2-18(23)22-17-10-6-9-16(19(17)20-21-13-14-24-20)12-11-15-7-4-3-5-8-15/h3-12H,2,13-14H2,1H3,(H,22,23). The van der Waals surface area contributed by atoms with Crippen LogP contribution in [0.1, 0.15) is 30.0 Å². The predicted octanol–water partition coefficient (Wildman–Crippen LogP) is 3.98. The van der Waals surface area contributed by atoms with Crippen LogP contribution >= 0.6 is 0 Å². The summed E-state index contributed by atoms with van der Waals surface area (Å²) in [6.45, 7) is 3.05. The van der Waals surface area contributed by atoms with Crippen molar-refractivity contribution in [1.29, 1.82) is 0 Å². The van der Waals surface area contributed by atoms with Crippen LogP contribution in [0, 0.1) is 0 Å². The first-order chi connectivity index (χ1) is 11.8. The van der Waals surface area contributed by atoms with Crippen LogP contribution in [0.5, 0.6) is 0 Å². The number of carbonyl (C=O) groups is 1. The molecule has 122 valence electrons. The maximum Gasteiger partial charge on any atom is 0.224 e.